The number of halogens is 2. The van der Waals surface area contributed by atoms with E-state index in [9.17, 15) is 13.6 Å². The first-order valence-corrected chi connectivity index (χ1v) is 6.30. The van der Waals surface area contributed by atoms with Gasteiger partial charge in [-0.2, -0.15) is 0 Å². The molecule has 19 heavy (non-hydrogen) atoms. The van der Waals surface area contributed by atoms with Crippen LogP contribution in [0.1, 0.15) is 25.8 Å². The van der Waals surface area contributed by atoms with Crippen molar-refractivity contribution in [2.75, 3.05) is 13.2 Å². The predicted molar refractivity (Wildman–Crippen MR) is 68.5 cm³/mol. The number of carbonyl (C=O) groups excluding carboxylic acids is 1. The average molecular weight is 271 g/mol. The van der Waals surface area contributed by atoms with Gasteiger partial charge in [0.2, 0.25) is 0 Å². The van der Waals surface area contributed by atoms with Crippen molar-refractivity contribution in [1.29, 1.82) is 0 Å². The standard InChI is InChI=1S/C14H19F2NO2/c1-3-14(9-17,13(18)19-4-2)8-10-5-6-11(15)7-12(10)16/h5-7H,3-4,8-9,17H2,1-2H3. The summed E-state index contributed by atoms with van der Waals surface area (Å²) in [7, 11) is 0. The second kappa shape index (κ2) is 6.61. The number of hydrogen-bond donors (Lipinski definition) is 1. The molecule has 0 aliphatic carbocycles. The van der Waals surface area contributed by atoms with Crippen molar-refractivity contribution < 1.29 is 18.3 Å². The average Bonchev–Trinajstić information content (AvgIpc) is 2.39. The molecule has 3 nitrogen and oxygen atoms in total. The highest BCUT2D eigenvalue weighted by atomic mass is 19.1. The molecule has 0 saturated carbocycles. The third-order valence-corrected chi connectivity index (χ3v) is 3.32. The van der Waals surface area contributed by atoms with Crippen LogP contribution in [0.4, 0.5) is 8.78 Å². The number of carbonyl (C=O) groups is 1. The second-order valence-corrected chi connectivity index (χ2v) is 4.47. The van der Waals surface area contributed by atoms with Gasteiger partial charge in [0.05, 0.1) is 12.0 Å². The lowest BCUT2D eigenvalue weighted by Gasteiger charge is -2.29. The van der Waals surface area contributed by atoms with Gasteiger partial charge in [-0.25, -0.2) is 8.78 Å². The van der Waals surface area contributed by atoms with Crippen molar-refractivity contribution in [1.82, 2.24) is 0 Å². The summed E-state index contributed by atoms with van der Waals surface area (Å²) in [4.78, 5) is 12.0. The van der Waals surface area contributed by atoms with Crippen molar-refractivity contribution in [3.63, 3.8) is 0 Å². The molecule has 1 unspecified atom stereocenters. The minimum atomic E-state index is -0.964. The van der Waals surface area contributed by atoms with Gasteiger partial charge in [-0.3, -0.25) is 4.79 Å². The Bertz CT molecular complexity index is 445. The fourth-order valence-corrected chi connectivity index (χ4v) is 1.96. The number of esters is 1. The van der Waals surface area contributed by atoms with Crippen LogP contribution < -0.4 is 5.73 Å². The van der Waals surface area contributed by atoms with Gasteiger partial charge in [0.1, 0.15) is 11.6 Å². The molecule has 0 aromatic heterocycles. The van der Waals surface area contributed by atoms with Gasteiger partial charge >= 0.3 is 5.97 Å². The van der Waals surface area contributed by atoms with Crippen molar-refractivity contribution in [3.8, 4) is 0 Å². The maximum Gasteiger partial charge on any atom is 0.313 e. The zero-order chi connectivity index (χ0) is 14.5. The van der Waals surface area contributed by atoms with E-state index in [1.54, 1.807) is 13.8 Å². The molecule has 0 radical (unpaired) electrons. The van der Waals surface area contributed by atoms with Crippen LogP contribution in [0.5, 0.6) is 0 Å². The van der Waals surface area contributed by atoms with Crippen molar-refractivity contribution >= 4 is 5.97 Å². The lowest BCUT2D eigenvalue weighted by molar-refractivity contribution is -0.155. The van der Waals surface area contributed by atoms with Crippen molar-refractivity contribution in [3.05, 3.63) is 35.4 Å². The third kappa shape index (κ3) is 3.50. The van der Waals surface area contributed by atoms with Crippen molar-refractivity contribution in [2.24, 2.45) is 11.1 Å². The Morgan fingerprint density at radius 1 is 1.37 bits per heavy atom. The normalized spacial score (nSPS) is 13.9. The Labute approximate surface area is 111 Å². The first-order valence-electron chi connectivity index (χ1n) is 6.30. The Morgan fingerprint density at radius 3 is 2.53 bits per heavy atom. The van der Waals surface area contributed by atoms with Crippen LogP contribution >= 0.6 is 0 Å². The van der Waals surface area contributed by atoms with Gasteiger partial charge < -0.3 is 10.5 Å². The number of benzene rings is 1. The van der Waals surface area contributed by atoms with Crippen LogP contribution in [0.2, 0.25) is 0 Å². The summed E-state index contributed by atoms with van der Waals surface area (Å²) in [6.07, 6.45) is 0.532. The number of hydrogen-bond acceptors (Lipinski definition) is 3. The zero-order valence-corrected chi connectivity index (χ0v) is 11.2. The van der Waals surface area contributed by atoms with Crippen LogP contribution in [0.3, 0.4) is 0 Å². The summed E-state index contributed by atoms with van der Waals surface area (Å²) in [5.74, 6) is -1.76. The molecule has 1 atom stereocenters. The Balaban J connectivity index is 3.04. The molecule has 0 bridgehead atoms. The predicted octanol–water partition coefficient (Wildman–Crippen LogP) is 2.43. The third-order valence-electron chi connectivity index (χ3n) is 3.32. The number of rotatable bonds is 6. The van der Waals surface area contributed by atoms with E-state index in [-0.39, 0.29) is 25.1 Å². The van der Waals surface area contributed by atoms with E-state index in [1.165, 1.54) is 12.1 Å². The Hall–Kier alpha value is -1.49. The molecule has 106 valence electrons. The minimum Gasteiger partial charge on any atom is -0.466 e. The van der Waals surface area contributed by atoms with Gasteiger partial charge in [0.25, 0.3) is 0 Å². The number of nitrogens with two attached hydrogens (primary N) is 1. The summed E-state index contributed by atoms with van der Waals surface area (Å²) in [6, 6.07) is 3.31. The highest BCUT2D eigenvalue weighted by Gasteiger charge is 2.37. The maximum atomic E-state index is 13.7. The minimum absolute atomic E-state index is 0.0547. The van der Waals surface area contributed by atoms with Gasteiger partial charge in [0.15, 0.2) is 0 Å². The largest absolute Gasteiger partial charge is 0.466 e. The van der Waals surface area contributed by atoms with Gasteiger partial charge in [-0.05, 0) is 31.4 Å². The molecule has 1 rings (SSSR count). The molecule has 0 amide bonds. The molecule has 0 fully saturated rings. The highest BCUT2D eigenvalue weighted by molar-refractivity contribution is 5.77. The Morgan fingerprint density at radius 2 is 2.05 bits per heavy atom. The second-order valence-electron chi connectivity index (χ2n) is 4.47. The number of ether oxygens (including phenoxy) is 1. The zero-order valence-electron chi connectivity index (χ0n) is 11.2. The summed E-state index contributed by atoms with van der Waals surface area (Å²) < 4.78 is 31.5. The summed E-state index contributed by atoms with van der Waals surface area (Å²) >= 11 is 0. The quantitative estimate of drug-likeness (QED) is 0.808. The molecule has 0 aliphatic rings. The van der Waals surface area contributed by atoms with Crippen LogP contribution in [0.25, 0.3) is 0 Å². The van der Waals surface area contributed by atoms with Crippen LogP contribution in [0, 0.1) is 17.0 Å². The molecule has 1 aromatic rings. The highest BCUT2D eigenvalue weighted by Crippen LogP contribution is 2.29. The van der Waals surface area contributed by atoms with Crippen LogP contribution in [0.15, 0.2) is 18.2 Å². The topological polar surface area (TPSA) is 52.3 Å². The molecule has 2 N–H and O–H groups in total. The SMILES string of the molecule is CCOC(=O)C(CC)(CN)Cc1ccc(F)cc1F. The molecule has 0 heterocycles. The fourth-order valence-electron chi connectivity index (χ4n) is 1.96. The van der Waals surface area contributed by atoms with Gasteiger partial charge in [-0.1, -0.05) is 13.0 Å². The van der Waals surface area contributed by atoms with E-state index in [2.05, 4.69) is 0 Å². The van der Waals surface area contributed by atoms with E-state index in [0.29, 0.717) is 6.42 Å². The van der Waals surface area contributed by atoms with E-state index in [4.69, 9.17) is 10.5 Å². The van der Waals surface area contributed by atoms with Gasteiger partial charge in [-0.15, -0.1) is 0 Å². The molecule has 5 heteroatoms. The lowest BCUT2D eigenvalue weighted by Crippen LogP contribution is -2.41. The molecule has 0 spiro atoms. The molecular weight excluding hydrogens is 252 g/mol. The van der Waals surface area contributed by atoms with Gasteiger partial charge in [0, 0.05) is 12.6 Å². The maximum absolute atomic E-state index is 13.7. The molecule has 1 aromatic carbocycles. The van der Waals surface area contributed by atoms with Crippen LogP contribution in [-0.2, 0) is 16.0 Å². The lowest BCUT2D eigenvalue weighted by atomic mass is 9.79. The molecule has 0 aliphatic heterocycles. The van der Waals surface area contributed by atoms with E-state index >= 15 is 0 Å². The van der Waals surface area contributed by atoms with E-state index < -0.39 is 23.0 Å². The fraction of sp³-hybridized carbons (Fsp3) is 0.500. The summed E-state index contributed by atoms with van der Waals surface area (Å²) in [5.41, 5.74) is 4.98. The first-order chi connectivity index (χ1) is 8.99. The van der Waals surface area contributed by atoms with Crippen LogP contribution in [-0.4, -0.2) is 19.1 Å². The monoisotopic (exact) mass is 271 g/mol. The van der Waals surface area contributed by atoms with E-state index in [1.807, 2.05) is 0 Å². The van der Waals surface area contributed by atoms with Crippen molar-refractivity contribution in [2.45, 2.75) is 26.7 Å². The summed E-state index contributed by atoms with van der Waals surface area (Å²) in [5, 5.41) is 0. The summed E-state index contributed by atoms with van der Waals surface area (Å²) in [6.45, 7) is 3.80. The van der Waals surface area contributed by atoms with E-state index in [0.717, 1.165) is 6.07 Å². The smallest absolute Gasteiger partial charge is 0.313 e. The first kappa shape index (κ1) is 15.6. The molecular formula is C14H19F2NO2. The molecule has 0 saturated heterocycles. The Kier molecular flexibility index (Phi) is 5.42.